The maximum atomic E-state index is 3.51. The van der Waals surface area contributed by atoms with E-state index in [1.807, 2.05) is 0 Å². The molecule has 0 atom stereocenters. The number of hydrogen-bond donors (Lipinski definition) is 1. The molecular weight excluding hydrogens is 232 g/mol. The Labute approximate surface area is 118 Å². The highest BCUT2D eigenvalue weighted by molar-refractivity contribution is 5.30. The molecule has 0 saturated carbocycles. The van der Waals surface area contributed by atoms with Crippen LogP contribution >= 0.6 is 0 Å². The zero-order valence-electron chi connectivity index (χ0n) is 12.5. The van der Waals surface area contributed by atoms with Crippen molar-refractivity contribution in [1.29, 1.82) is 0 Å². The van der Waals surface area contributed by atoms with E-state index in [9.17, 15) is 0 Å². The largest absolute Gasteiger partial charge is 0.316 e. The molecule has 1 heterocycles. The van der Waals surface area contributed by atoms with Crippen LogP contribution in [0.15, 0.2) is 24.3 Å². The Morgan fingerprint density at radius 2 is 1.74 bits per heavy atom. The first kappa shape index (κ1) is 14.5. The van der Waals surface area contributed by atoms with Crippen molar-refractivity contribution in [1.82, 2.24) is 10.2 Å². The van der Waals surface area contributed by atoms with Crippen molar-refractivity contribution in [2.24, 2.45) is 5.92 Å². The fourth-order valence-corrected chi connectivity index (χ4v) is 2.71. The molecule has 2 heteroatoms. The first-order chi connectivity index (χ1) is 9.25. The summed E-state index contributed by atoms with van der Waals surface area (Å²) in [5.74, 6) is 0.767. The fraction of sp³-hybridized carbons (Fsp3) is 0.647. The van der Waals surface area contributed by atoms with Gasteiger partial charge in [0, 0.05) is 13.1 Å². The van der Waals surface area contributed by atoms with Gasteiger partial charge < -0.3 is 5.32 Å². The van der Waals surface area contributed by atoms with Gasteiger partial charge in [0.15, 0.2) is 0 Å². The van der Waals surface area contributed by atoms with Crippen molar-refractivity contribution in [2.75, 3.05) is 19.6 Å². The predicted molar refractivity (Wildman–Crippen MR) is 82.1 cm³/mol. The van der Waals surface area contributed by atoms with E-state index in [4.69, 9.17) is 0 Å². The summed E-state index contributed by atoms with van der Waals surface area (Å²) in [5.41, 5.74) is 3.06. The second-order valence-electron chi connectivity index (χ2n) is 6.14. The Kier molecular flexibility index (Phi) is 5.87. The van der Waals surface area contributed by atoms with E-state index in [-0.39, 0.29) is 0 Å². The van der Waals surface area contributed by atoms with Gasteiger partial charge in [-0.2, -0.15) is 0 Å². The Bertz CT molecular complexity index is 348. The lowest BCUT2D eigenvalue weighted by Crippen LogP contribution is -2.21. The molecule has 1 aromatic rings. The molecular formula is C17H28N2. The summed E-state index contributed by atoms with van der Waals surface area (Å²) in [5, 5.41) is 3.51. The second-order valence-corrected chi connectivity index (χ2v) is 6.14. The summed E-state index contributed by atoms with van der Waals surface area (Å²) in [4.78, 5) is 2.58. The van der Waals surface area contributed by atoms with Gasteiger partial charge >= 0.3 is 0 Å². The minimum absolute atomic E-state index is 0.767. The molecule has 0 fully saturated rings. The zero-order valence-corrected chi connectivity index (χ0v) is 12.5. The zero-order chi connectivity index (χ0) is 13.5. The highest BCUT2D eigenvalue weighted by Crippen LogP contribution is 2.22. The topological polar surface area (TPSA) is 15.3 Å². The van der Waals surface area contributed by atoms with Crippen LogP contribution in [0.4, 0.5) is 0 Å². The average molecular weight is 260 g/mol. The maximum Gasteiger partial charge on any atom is 0.0240 e. The summed E-state index contributed by atoms with van der Waals surface area (Å²) in [7, 11) is 0. The summed E-state index contributed by atoms with van der Waals surface area (Å²) in [6.45, 7) is 10.4. The lowest BCUT2D eigenvalue weighted by atomic mass is 10.1. The van der Waals surface area contributed by atoms with Gasteiger partial charge in [0.2, 0.25) is 0 Å². The molecule has 19 heavy (non-hydrogen) atoms. The van der Waals surface area contributed by atoms with E-state index < -0.39 is 0 Å². The van der Waals surface area contributed by atoms with Crippen molar-refractivity contribution < 1.29 is 0 Å². The minimum Gasteiger partial charge on any atom is -0.316 e. The van der Waals surface area contributed by atoms with Gasteiger partial charge in [-0.1, -0.05) is 44.5 Å². The summed E-state index contributed by atoms with van der Waals surface area (Å²) >= 11 is 0. The van der Waals surface area contributed by atoms with E-state index >= 15 is 0 Å². The first-order valence-electron chi connectivity index (χ1n) is 7.75. The van der Waals surface area contributed by atoms with E-state index in [1.165, 1.54) is 43.5 Å². The normalized spacial score (nSPS) is 15.1. The maximum absolute atomic E-state index is 3.51. The van der Waals surface area contributed by atoms with Crippen molar-refractivity contribution in [3.8, 4) is 0 Å². The molecule has 106 valence electrons. The molecule has 1 N–H and O–H groups in total. The monoisotopic (exact) mass is 260 g/mol. The van der Waals surface area contributed by atoms with Crippen LogP contribution in [0.2, 0.25) is 0 Å². The minimum atomic E-state index is 0.767. The van der Waals surface area contributed by atoms with Crippen molar-refractivity contribution in [3.63, 3.8) is 0 Å². The number of benzene rings is 1. The molecule has 0 aromatic heterocycles. The van der Waals surface area contributed by atoms with Gasteiger partial charge in [-0.3, -0.25) is 4.90 Å². The van der Waals surface area contributed by atoms with E-state index in [0.717, 1.165) is 25.6 Å². The summed E-state index contributed by atoms with van der Waals surface area (Å²) in [6.07, 6.45) is 3.99. The number of nitrogens with one attached hydrogen (secondary N) is 1. The molecule has 0 amide bonds. The molecule has 0 radical (unpaired) electrons. The first-order valence-corrected chi connectivity index (χ1v) is 7.75. The number of nitrogens with zero attached hydrogens (tertiary/aromatic N) is 1. The summed E-state index contributed by atoms with van der Waals surface area (Å²) < 4.78 is 0. The average Bonchev–Trinajstić information content (AvgIpc) is 2.79. The molecule has 0 spiro atoms. The van der Waals surface area contributed by atoms with E-state index in [1.54, 1.807) is 0 Å². The van der Waals surface area contributed by atoms with Gasteiger partial charge in [-0.25, -0.2) is 0 Å². The van der Waals surface area contributed by atoms with Crippen LogP contribution in [0, 0.1) is 5.92 Å². The third kappa shape index (κ3) is 4.96. The van der Waals surface area contributed by atoms with Crippen LogP contribution in [0.25, 0.3) is 0 Å². The lowest BCUT2D eigenvalue weighted by Gasteiger charge is -2.14. The van der Waals surface area contributed by atoms with Crippen LogP contribution in [0.1, 0.15) is 44.2 Å². The van der Waals surface area contributed by atoms with Gasteiger partial charge in [0.25, 0.3) is 0 Å². The third-order valence-electron chi connectivity index (χ3n) is 3.79. The molecule has 1 aliphatic heterocycles. The highest BCUT2D eigenvalue weighted by Gasteiger charge is 2.16. The van der Waals surface area contributed by atoms with Gasteiger partial charge in [-0.15, -0.1) is 0 Å². The standard InChI is InChI=1S/C17H28N2/c1-15(2)12-18-10-6-3-7-11-19-13-16-8-4-5-9-17(16)14-19/h4-5,8-9,15,18H,3,6-7,10-14H2,1-2H3. The fourth-order valence-electron chi connectivity index (χ4n) is 2.71. The van der Waals surface area contributed by atoms with Crippen molar-refractivity contribution in [3.05, 3.63) is 35.4 Å². The number of unbranched alkanes of at least 4 members (excludes halogenated alkanes) is 2. The van der Waals surface area contributed by atoms with Crippen LogP contribution in [-0.2, 0) is 13.1 Å². The third-order valence-corrected chi connectivity index (χ3v) is 3.79. The number of rotatable bonds is 8. The Morgan fingerprint density at radius 1 is 1.05 bits per heavy atom. The lowest BCUT2D eigenvalue weighted by molar-refractivity contribution is 0.276. The van der Waals surface area contributed by atoms with Crippen LogP contribution in [-0.4, -0.2) is 24.5 Å². The molecule has 0 saturated heterocycles. The number of hydrogen-bond acceptors (Lipinski definition) is 2. The predicted octanol–water partition coefficient (Wildman–Crippen LogP) is 3.42. The number of fused-ring (bicyclic) bond motifs is 1. The van der Waals surface area contributed by atoms with Crippen molar-refractivity contribution in [2.45, 2.75) is 46.2 Å². The summed E-state index contributed by atoms with van der Waals surface area (Å²) in [6, 6.07) is 8.85. The molecule has 0 aliphatic carbocycles. The second kappa shape index (κ2) is 7.66. The molecule has 2 rings (SSSR count). The Hall–Kier alpha value is -0.860. The molecule has 0 unspecified atom stereocenters. The van der Waals surface area contributed by atoms with Gasteiger partial charge in [0.1, 0.15) is 0 Å². The van der Waals surface area contributed by atoms with E-state index in [2.05, 4.69) is 48.3 Å². The Balaban J connectivity index is 1.52. The van der Waals surface area contributed by atoms with E-state index in [0.29, 0.717) is 0 Å². The SMILES string of the molecule is CC(C)CNCCCCCN1Cc2ccccc2C1. The highest BCUT2D eigenvalue weighted by atomic mass is 15.1. The Morgan fingerprint density at radius 3 is 2.37 bits per heavy atom. The molecule has 1 aliphatic rings. The van der Waals surface area contributed by atoms with Crippen LogP contribution < -0.4 is 5.32 Å². The quantitative estimate of drug-likeness (QED) is 0.721. The molecule has 1 aromatic carbocycles. The van der Waals surface area contributed by atoms with Crippen molar-refractivity contribution >= 4 is 0 Å². The van der Waals surface area contributed by atoms with Gasteiger partial charge in [-0.05, 0) is 49.5 Å². The molecule has 2 nitrogen and oxygen atoms in total. The van der Waals surface area contributed by atoms with Crippen LogP contribution in [0.5, 0.6) is 0 Å². The van der Waals surface area contributed by atoms with Gasteiger partial charge in [0.05, 0.1) is 0 Å². The van der Waals surface area contributed by atoms with Crippen LogP contribution in [0.3, 0.4) is 0 Å². The smallest absolute Gasteiger partial charge is 0.0240 e. The molecule has 0 bridgehead atoms.